The van der Waals surface area contributed by atoms with E-state index < -0.39 is 0 Å². The van der Waals surface area contributed by atoms with Gasteiger partial charge in [0.1, 0.15) is 11.5 Å². The minimum absolute atomic E-state index is 0.218. The molecule has 9 nitrogen and oxygen atoms in total. The molecule has 0 radical (unpaired) electrons. The van der Waals surface area contributed by atoms with Crippen molar-refractivity contribution in [2.45, 2.75) is 24.8 Å². The van der Waals surface area contributed by atoms with Crippen LogP contribution in [0, 0.1) is 22.2 Å². The molecule has 3 aromatic rings. The van der Waals surface area contributed by atoms with Crippen molar-refractivity contribution in [1.82, 2.24) is 29.5 Å². The molecule has 0 atom stereocenters. The predicted octanol–water partition coefficient (Wildman–Crippen LogP) is 2.22. The fourth-order valence-electron chi connectivity index (χ4n) is 4.77. The Morgan fingerprint density at radius 2 is 2.27 bits per heavy atom. The number of ether oxygens (including phenoxy) is 1. The van der Waals surface area contributed by atoms with E-state index in [-0.39, 0.29) is 11.0 Å². The lowest BCUT2D eigenvalue weighted by Crippen LogP contribution is -2.62. The fourth-order valence-corrected chi connectivity index (χ4v) is 4.77. The molecule has 1 aliphatic carbocycles. The zero-order valence-corrected chi connectivity index (χ0v) is 16.7. The van der Waals surface area contributed by atoms with E-state index in [0.717, 1.165) is 37.3 Å². The Morgan fingerprint density at radius 3 is 2.93 bits per heavy atom. The molecule has 3 aromatic heterocycles. The van der Waals surface area contributed by atoms with Crippen molar-refractivity contribution in [3.63, 3.8) is 0 Å². The van der Waals surface area contributed by atoms with Crippen molar-refractivity contribution >= 4 is 17.4 Å². The first kappa shape index (κ1) is 18.5. The minimum atomic E-state index is -0.283. The van der Waals surface area contributed by atoms with Crippen molar-refractivity contribution in [1.29, 1.82) is 10.7 Å². The van der Waals surface area contributed by atoms with E-state index in [2.05, 4.69) is 21.5 Å². The highest BCUT2D eigenvalue weighted by Crippen LogP contribution is 2.58. The zero-order chi connectivity index (χ0) is 20.8. The van der Waals surface area contributed by atoms with Gasteiger partial charge >= 0.3 is 0 Å². The van der Waals surface area contributed by atoms with Gasteiger partial charge in [-0.05, 0) is 12.8 Å². The molecule has 2 fully saturated rings. The highest BCUT2D eigenvalue weighted by molar-refractivity contribution is 6.07. The summed E-state index contributed by atoms with van der Waals surface area (Å²) in [4.78, 5) is 9.21. The highest BCUT2D eigenvalue weighted by atomic mass is 16.5. The lowest BCUT2D eigenvalue weighted by Gasteiger charge is -2.59. The van der Waals surface area contributed by atoms with Crippen LogP contribution in [-0.4, -0.2) is 50.6 Å². The van der Waals surface area contributed by atoms with Gasteiger partial charge in [0.05, 0.1) is 48.7 Å². The first-order chi connectivity index (χ1) is 14.6. The molecule has 30 heavy (non-hydrogen) atoms. The van der Waals surface area contributed by atoms with Crippen LogP contribution in [0.4, 0.5) is 0 Å². The first-order valence-electron chi connectivity index (χ1n) is 9.85. The van der Waals surface area contributed by atoms with Gasteiger partial charge in [0.25, 0.3) is 0 Å². The SMILES string of the molecule is CN/C=C(\C=N)c1cc2nccn2c(-c2cnn(C3(CC#N)CC4(COC4)C3)c2)n1. The third-order valence-electron chi connectivity index (χ3n) is 6.10. The Hall–Kier alpha value is -3.51. The molecule has 0 aromatic carbocycles. The van der Waals surface area contributed by atoms with E-state index in [0.29, 0.717) is 23.5 Å². The molecule has 152 valence electrons. The molecule has 0 amide bonds. The smallest absolute Gasteiger partial charge is 0.149 e. The third kappa shape index (κ3) is 2.72. The molecule has 1 aliphatic heterocycles. The molecule has 2 aliphatic rings. The maximum Gasteiger partial charge on any atom is 0.149 e. The van der Waals surface area contributed by atoms with Crippen LogP contribution in [0.25, 0.3) is 22.6 Å². The van der Waals surface area contributed by atoms with E-state index in [1.165, 1.54) is 6.21 Å². The second kappa shape index (κ2) is 6.78. The number of rotatable bonds is 6. The number of hydrogen-bond acceptors (Lipinski definition) is 7. The Kier molecular flexibility index (Phi) is 4.18. The zero-order valence-electron chi connectivity index (χ0n) is 16.7. The average molecular weight is 402 g/mol. The van der Waals surface area contributed by atoms with Gasteiger partial charge in [-0.1, -0.05) is 0 Å². The van der Waals surface area contributed by atoms with Crippen LogP contribution >= 0.6 is 0 Å². The van der Waals surface area contributed by atoms with E-state index >= 15 is 0 Å². The summed E-state index contributed by atoms with van der Waals surface area (Å²) < 4.78 is 9.25. The van der Waals surface area contributed by atoms with Gasteiger partial charge in [0.2, 0.25) is 0 Å². The first-order valence-corrected chi connectivity index (χ1v) is 9.85. The molecule has 9 heteroatoms. The van der Waals surface area contributed by atoms with E-state index in [4.69, 9.17) is 15.1 Å². The number of hydrogen-bond donors (Lipinski definition) is 2. The summed E-state index contributed by atoms with van der Waals surface area (Å²) in [5.74, 6) is 0.697. The molecule has 1 spiro atoms. The Morgan fingerprint density at radius 1 is 1.43 bits per heavy atom. The number of nitriles is 1. The average Bonchev–Trinajstić information content (AvgIpc) is 3.36. The van der Waals surface area contributed by atoms with Gasteiger partial charge in [-0.15, -0.1) is 0 Å². The van der Waals surface area contributed by atoms with Gasteiger partial charge in [-0.2, -0.15) is 10.4 Å². The molecule has 1 saturated carbocycles. The van der Waals surface area contributed by atoms with Crippen LogP contribution in [-0.2, 0) is 10.3 Å². The maximum atomic E-state index is 9.42. The molecule has 0 bridgehead atoms. The van der Waals surface area contributed by atoms with Crippen molar-refractivity contribution in [3.8, 4) is 17.5 Å². The third-order valence-corrected chi connectivity index (χ3v) is 6.10. The van der Waals surface area contributed by atoms with Crippen LogP contribution in [0.2, 0.25) is 0 Å². The Labute approximate surface area is 173 Å². The maximum absolute atomic E-state index is 9.42. The van der Waals surface area contributed by atoms with E-state index in [9.17, 15) is 5.26 Å². The predicted molar refractivity (Wildman–Crippen MR) is 111 cm³/mol. The van der Waals surface area contributed by atoms with Gasteiger partial charge in [0.15, 0.2) is 0 Å². The molecular formula is C21H22N8O. The number of allylic oxidation sites excluding steroid dienone is 1. The highest BCUT2D eigenvalue weighted by Gasteiger charge is 2.59. The summed E-state index contributed by atoms with van der Waals surface area (Å²) in [5, 5.41) is 24.7. The van der Waals surface area contributed by atoms with E-state index in [1.807, 2.05) is 27.5 Å². The van der Waals surface area contributed by atoms with Crippen LogP contribution in [0.3, 0.4) is 0 Å². The number of nitrogens with one attached hydrogen (secondary N) is 2. The molecule has 1 saturated heterocycles. The van der Waals surface area contributed by atoms with E-state index in [1.54, 1.807) is 25.6 Å². The van der Waals surface area contributed by atoms with Gasteiger partial charge < -0.3 is 15.5 Å². The second-order valence-electron chi connectivity index (χ2n) is 8.23. The largest absolute Gasteiger partial charge is 0.393 e. The van der Waals surface area contributed by atoms with Crippen molar-refractivity contribution < 1.29 is 4.74 Å². The van der Waals surface area contributed by atoms with Crippen molar-refractivity contribution in [3.05, 3.63) is 42.7 Å². The van der Waals surface area contributed by atoms with Crippen LogP contribution in [0.15, 0.2) is 37.1 Å². The summed E-state index contributed by atoms with van der Waals surface area (Å²) in [6, 6.07) is 4.20. The van der Waals surface area contributed by atoms with Crippen molar-refractivity contribution in [2.24, 2.45) is 5.41 Å². The van der Waals surface area contributed by atoms with Gasteiger partial charge in [-0.3, -0.25) is 9.08 Å². The summed E-state index contributed by atoms with van der Waals surface area (Å²) in [6.07, 6.45) is 12.6. The Bertz CT molecular complexity index is 1190. The van der Waals surface area contributed by atoms with Crippen LogP contribution in [0.1, 0.15) is 25.0 Å². The summed E-state index contributed by atoms with van der Waals surface area (Å²) in [6.45, 7) is 1.55. The fraction of sp³-hybridized carbons (Fsp3) is 0.381. The monoisotopic (exact) mass is 402 g/mol. The number of fused-ring (bicyclic) bond motifs is 1. The lowest BCUT2D eigenvalue weighted by atomic mass is 9.55. The lowest BCUT2D eigenvalue weighted by molar-refractivity contribution is -0.206. The normalized spacial score (nSPS) is 19.1. The number of aromatic nitrogens is 5. The quantitative estimate of drug-likeness (QED) is 0.611. The number of nitrogens with zero attached hydrogens (tertiary/aromatic N) is 6. The molecule has 0 unspecified atom stereocenters. The number of imidazole rings is 1. The molecule has 5 rings (SSSR count). The van der Waals surface area contributed by atoms with Crippen molar-refractivity contribution in [2.75, 3.05) is 20.3 Å². The van der Waals surface area contributed by atoms with Gasteiger partial charge in [-0.25, -0.2) is 9.97 Å². The molecular weight excluding hydrogens is 380 g/mol. The topological polar surface area (TPSA) is 117 Å². The second-order valence-corrected chi connectivity index (χ2v) is 8.23. The Balaban J connectivity index is 1.56. The van der Waals surface area contributed by atoms with Crippen LogP contribution in [0.5, 0.6) is 0 Å². The summed E-state index contributed by atoms with van der Waals surface area (Å²) >= 11 is 0. The molecule has 4 heterocycles. The van der Waals surface area contributed by atoms with Crippen LogP contribution < -0.4 is 5.32 Å². The standard InChI is InChI=1S/C21H22N8O/c1-24-8-15(7-23)17-6-18-25-4-5-28(18)19(27-17)16-9-26-29(10-16)21(2-3-22)11-20(12-21)13-30-14-20/h4-10,23-24H,2,11-14H2,1H3/b15-8+,23-7?. The minimum Gasteiger partial charge on any atom is -0.393 e. The summed E-state index contributed by atoms with van der Waals surface area (Å²) in [5.41, 5.74) is 2.83. The molecule has 2 N–H and O–H groups in total. The summed E-state index contributed by atoms with van der Waals surface area (Å²) in [7, 11) is 1.79. The van der Waals surface area contributed by atoms with Gasteiger partial charge in [0, 0.05) is 55.1 Å².